The van der Waals surface area contributed by atoms with Crippen LogP contribution in [0.5, 0.6) is 0 Å². The maximum Gasteiger partial charge on any atom is 0.0760 e. The van der Waals surface area contributed by atoms with Crippen molar-refractivity contribution in [3.8, 4) is 0 Å². The minimum absolute atomic E-state index is 0.0847. The number of hydrogen-bond acceptors (Lipinski definition) is 3. The molecule has 0 bridgehead atoms. The van der Waals surface area contributed by atoms with Crippen molar-refractivity contribution in [3.05, 3.63) is 35.9 Å². The first-order chi connectivity index (χ1) is 9.27. The molecule has 1 aromatic rings. The van der Waals surface area contributed by atoms with E-state index in [-0.39, 0.29) is 17.2 Å². The molecule has 1 fully saturated rings. The van der Waals surface area contributed by atoms with Crippen LogP contribution in [0.3, 0.4) is 0 Å². The minimum atomic E-state index is -0.0847. The largest absolute Gasteiger partial charge is 0.367 e. The van der Waals surface area contributed by atoms with E-state index in [1.165, 1.54) is 5.56 Å². The predicted molar refractivity (Wildman–Crippen MR) is 83.7 cm³/mol. The van der Waals surface area contributed by atoms with Crippen LogP contribution >= 0.6 is 0 Å². The highest BCUT2D eigenvalue weighted by Crippen LogP contribution is 2.28. The first-order valence-corrected chi connectivity index (χ1v) is 7.50. The van der Waals surface area contributed by atoms with Gasteiger partial charge in [-0.1, -0.05) is 30.3 Å². The van der Waals surface area contributed by atoms with Gasteiger partial charge in [-0.15, -0.1) is 0 Å². The van der Waals surface area contributed by atoms with Crippen molar-refractivity contribution < 1.29 is 4.74 Å². The summed E-state index contributed by atoms with van der Waals surface area (Å²) in [6.07, 6.45) is 0.982. The van der Waals surface area contributed by atoms with E-state index < -0.39 is 0 Å². The zero-order chi connectivity index (χ0) is 14.8. The maximum absolute atomic E-state index is 6.29. The normalized spacial score (nSPS) is 23.4. The molecule has 3 nitrogen and oxygen atoms in total. The molecular formula is C17H28N2O. The topological polar surface area (TPSA) is 38.5 Å². The van der Waals surface area contributed by atoms with Crippen LogP contribution in [0.15, 0.2) is 30.3 Å². The Kier molecular flexibility index (Phi) is 4.52. The predicted octanol–water partition coefficient (Wildman–Crippen LogP) is 2.97. The van der Waals surface area contributed by atoms with E-state index in [9.17, 15) is 0 Å². The Morgan fingerprint density at radius 1 is 1.10 bits per heavy atom. The van der Waals surface area contributed by atoms with Crippen molar-refractivity contribution in [1.82, 2.24) is 4.90 Å². The zero-order valence-electron chi connectivity index (χ0n) is 13.2. The second-order valence-electron chi connectivity index (χ2n) is 7.14. The van der Waals surface area contributed by atoms with E-state index in [2.05, 4.69) is 56.9 Å². The number of ether oxygens (including phenoxy) is 1. The van der Waals surface area contributed by atoms with Gasteiger partial charge in [0.2, 0.25) is 0 Å². The number of nitrogens with zero attached hydrogens (tertiary/aromatic N) is 1. The van der Waals surface area contributed by atoms with Gasteiger partial charge in [0.05, 0.1) is 11.2 Å². The van der Waals surface area contributed by atoms with E-state index >= 15 is 0 Å². The molecule has 0 amide bonds. The second-order valence-corrected chi connectivity index (χ2v) is 7.14. The van der Waals surface area contributed by atoms with Crippen LogP contribution in [0.2, 0.25) is 0 Å². The lowest BCUT2D eigenvalue weighted by Crippen LogP contribution is -2.57. The van der Waals surface area contributed by atoms with Crippen LogP contribution in [0.4, 0.5) is 0 Å². The lowest BCUT2D eigenvalue weighted by Gasteiger charge is -2.47. The van der Waals surface area contributed by atoms with E-state index in [0.717, 1.165) is 26.1 Å². The number of nitrogens with two attached hydrogens (primary N) is 1. The summed E-state index contributed by atoms with van der Waals surface area (Å²) < 4.78 is 6.11. The minimum Gasteiger partial charge on any atom is -0.367 e. The monoisotopic (exact) mass is 276 g/mol. The SMILES string of the molecule is CC1(C)CN(CCC(N)c2ccccc2)CC(C)(C)O1. The van der Waals surface area contributed by atoms with Gasteiger partial charge in [0, 0.05) is 25.7 Å². The van der Waals surface area contributed by atoms with Crippen molar-refractivity contribution in [1.29, 1.82) is 0 Å². The summed E-state index contributed by atoms with van der Waals surface area (Å²) in [7, 11) is 0. The van der Waals surface area contributed by atoms with E-state index in [0.29, 0.717) is 0 Å². The van der Waals surface area contributed by atoms with Gasteiger partial charge in [-0.2, -0.15) is 0 Å². The van der Waals surface area contributed by atoms with Gasteiger partial charge in [0.1, 0.15) is 0 Å². The average molecular weight is 276 g/mol. The molecule has 112 valence electrons. The molecule has 1 atom stereocenters. The summed E-state index contributed by atoms with van der Waals surface area (Å²) in [4.78, 5) is 2.48. The standard InChI is InChI=1S/C17H28N2O/c1-16(2)12-19(13-17(3,4)20-16)11-10-15(18)14-8-6-5-7-9-14/h5-9,15H,10-13,18H2,1-4H3. The number of hydrogen-bond donors (Lipinski definition) is 1. The van der Waals surface area contributed by atoms with Gasteiger partial charge in [0.15, 0.2) is 0 Å². The van der Waals surface area contributed by atoms with Crippen LogP contribution in [-0.2, 0) is 4.74 Å². The lowest BCUT2D eigenvalue weighted by atomic mass is 9.98. The Hall–Kier alpha value is -0.900. The van der Waals surface area contributed by atoms with Crippen molar-refractivity contribution in [2.45, 2.75) is 51.4 Å². The van der Waals surface area contributed by atoms with Gasteiger partial charge < -0.3 is 10.5 Å². The molecule has 2 N–H and O–H groups in total. The van der Waals surface area contributed by atoms with Crippen molar-refractivity contribution in [2.75, 3.05) is 19.6 Å². The van der Waals surface area contributed by atoms with Crippen molar-refractivity contribution in [3.63, 3.8) is 0 Å². The fourth-order valence-corrected chi connectivity index (χ4v) is 3.29. The zero-order valence-corrected chi connectivity index (χ0v) is 13.2. The lowest BCUT2D eigenvalue weighted by molar-refractivity contribution is -0.180. The van der Waals surface area contributed by atoms with Crippen LogP contribution in [0.1, 0.15) is 45.7 Å². The summed E-state index contributed by atoms with van der Waals surface area (Å²) in [6.45, 7) is 11.6. The smallest absolute Gasteiger partial charge is 0.0760 e. The molecule has 1 aliphatic rings. The molecule has 1 aromatic carbocycles. The molecule has 0 radical (unpaired) electrons. The van der Waals surface area contributed by atoms with Crippen LogP contribution in [-0.4, -0.2) is 35.7 Å². The maximum atomic E-state index is 6.29. The van der Waals surface area contributed by atoms with Gasteiger partial charge in [-0.25, -0.2) is 0 Å². The molecule has 0 aromatic heterocycles. The third-order valence-electron chi connectivity index (χ3n) is 3.75. The number of benzene rings is 1. The third kappa shape index (κ3) is 4.30. The Morgan fingerprint density at radius 3 is 2.20 bits per heavy atom. The fraction of sp³-hybridized carbons (Fsp3) is 0.647. The fourth-order valence-electron chi connectivity index (χ4n) is 3.29. The molecule has 0 spiro atoms. The van der Waals surface area contributed by atoms with E-state index in [1.54, 1.807) is 0 Å². The molecule has 2 rings (SSSR count). The van der Waals surface area contributed by atoms with E-state index in [4.69, 9.17) is 10.5 Å². The summed E-state index contributed by atoms with van der Waals surface area (Å²) in [6, 6.07) is 10.5. The van der Waals surface area contributed by atoms with E-state index in [1.807, 2.05) is 6.07 Å². The van der Waals surface area contributed by atoms with Gasteiger partial charge in [-0.05, 0) is 39.7 Å². The van der Waals surface area contributed by atoms with Crippen LogP contribution in [0, 0.1) is 0 Å². The highest BCUT2D eigenvalue weighted by Gasteiger charge is 2.37. The van der Waals surface area contributed by atoms with Crippen molar-refractivity contribution >= 4 is 0 Å². The molecule has 20 heavy (non-hydrogen) atoms. The summed E-state index contributed by atoms with van der Waals surface area (Å²) >= 11 is 0. The number of morpholine rings is 1. The van der Waals surface area contributed by atoms with Crippen molar-refractivity contribution in [2.24, 2.45) is 5.73 Å². The first-order valence-electron chi connectivity index (χ1n) is 7.50. The molecule has 1 heterocycles. The second kappa shape index (κ2) is 5.84. The molecule has 1 saturated heterocycles. The van der Waals surface area contributed by atoms with Crippen LogP contribution in [0.25, 0.3) is 0 Å². The van der Waals surface area contributed by atoms with Crippen LogP contribution < -0.4 is 5.73 Å². The molecule has 1 unspecified atom stereocenters. The Bertz CT molecular complexity index is 412. The third-order valence-corrected chi connectivity index (χ3v) is 3.75. The molecule has 3 heteroatoms. The first kappa shape index (κ1) is 15.5. The summed E-state index contributed by atoms with van der Waals surface area (Å²) in [5, 5.41) is 0. The molecular weight excluding hydrogens is 248 g/mol. The average Bonchev–Trinajstić information content (AvgIpc) is 2.33. The van der Waals surface area contributed by atoms with Gasteiger partial charge in [-0.3, -0.25) is 4.90 Å². The molecule has 0 saturated carbocycles. The Balaban J connectivity index is 1.90. The summed E-state index contributed by atoms with van der Waals surface area (Å²) in [5.41, 5.74) is 7.34. The Morgan fingerprint density at radius 2 is 1.65 bits per heavy atom. The highest BCUT2D eigenvalue weighted by atomic mass is 16.5. The van der Waals surface area contributed by atoms with Gasteiger partial charge in [0.25, 0.3) is 0 Å². The Labute approximate surface area is 123 Å². The molecule has 0 aliphatic carbocycles. The van der Waals surface area contributed by atoms with Gasteiger partial charge >= 0.3 is 0 Å². The number of rotatable bonds is 4. The summed E-state index contributed by atoms with van der Waals surface area (Å²) in [5.74, 6) is 0. The highest BCUT2D eigenvalue weighted by molar-refractivity contribution is 5.18. The molecule has 1 aliphatic heterocycles. The quantitative estimate of drug-likeness (QED) is 0.919.